The number of hydrogen-bond acceptors (Lipinski definition) is 3. The molecule has 83 heavy (non-hydrogen) atoms. The first-order valence-corrected chi connectivity index (χ1v) is 28.4. The monoisotopic (exact) mass is 1060 g/mol. The van der Waals surface area contributed by atoms with Gasteiger partial charge < -0.3 is 14.7 Å². The van der Waals surface area contributed by atoms with E-state index in [1.165, 1.54) is 77.2 Å². The summed E-state index contributed by atoms with van der Waals surface area (Å²) in [6.07, 6.45) is 0. The molecular weight excluding hydrogens is 1000 g/mol. The molecule has 0 N–H and O–H groups in total. The number of hydrogen-bond donors (Lipinski definition) is 0. The van der Waals surface area contributed by atoms with E-state index in [-0.39, 0.29) is 0 Å². The lowest BCUT2D eigenvalue weighted by atomic mass is 9.99. The SMILES string of the molecule is c1ccc(-c2ccc(N(c3ccccc3)c3ccc(-c4ccc5cc(N(c6ccc(-c7ccccc7)cc6)c6ccc7cc(-c8ccc(N(c9ccccc9)c9ccc(-c%10ccccc%10)cc9)cc8)ccc7c6)ccc5c4)cc3)cc2)cc1. The Hall–Kier alpha value is -11.0. The van der Waals surface area contributed by atoms with Crippen LogP contribution in [0.5, 0.6) is 0 Å². The summed E-state index contributed by atoms with van der Waals surface area (Å²) in [6, 6.07) is 125. The van der Waals surface area contributed by atoms with Crippen molar-refractivity contribution in [3.63, 3.8) is 0 Å². The van der Waals surface area contributed by atoms with Gasteiger partial charge in [-0.1, -0.05) is 224 Å². The van der Waals surface area contributed by atoms with Crippen LogP contribution in [-0.4, -0.2) is 0 Å². The molecule has 0 aliphatic heterocycles. The van der Waals surface area contributed by atoms with Crippen LogP contribution in [-0.2, 0) is 0 Å². The van der Waals surface area contributed by atoms with Gasteiger partial charge in [0, 0.05) is 51.2 Å². The highest BCUT2D eigenvalue weighted by Crippen LogP contribution is 2.42. The van der Waals surface area contributed by atoms with Gasteiger partial charge in [-0.3, -0.25) is 0 Å². The molecule has 0 saturated heterocycles. The number of para-hydroxylation sites is 2. The Morgan fingerprint density at radius 2 is 0.301 bits per heavy atom. The van der Waals surface area contributed by atoms with Crippen molar-refractivity contribution in [2.45, 2.75) is 0 Å². The average molecular weight is 1060 g/mol. The number of fused-ring (bicyclic) bond motifs is 2. The van der Waals surface area contributed by atoms with E-state index in [4.69, 9.17) is 0 Å². The minimum atomic E-state index is 1.09. The Morgan fingerprint density at radius 1 is 0.120 bits per heavy atom. The third-order valence-electron chi connectivity index (χ3n) is 15.8. The van der Waals surface area contributed by atoms with Crippen molar-refractivity contribution >= 4 is 72.7 Å². The van der Waals surface area contributed by atoms with Crippen LogP contribution in [0.15, 0.2) is 346 Å². The highest BCUT2D eigenvalue weighted by molar-refractivity contribution is 5.96. The predicted octanol–water partition coefficient (Wildman–Crippen LogP) is 22.7. The minimum absolute atomic E-state index is 1.09. The van der Waals surface area contributed by atoms with Gasteiger partial charge in [0.2, 0.25) is 0 Å². The molecule has 14 aromatic rings. The molecule has 0 spiro atoms. The molecule has 0 saturated carbocycles. The van der Waals surface area contributed by atoms with Gasteiger partial charge in [0.05, 0.1) is 0 Å². The molecule has 14 aromatic carbocycles. The molecule has 0 atom stereocenters. The van der Waals surface area contributed by atoms with Crippen molar-refractivity contribution in [3.05, 3.63) is 346 Å². The van der Waals surface area contributed by atoms with Gasteiger partial charge in [-0.05, 0) is 199 Å². The molecule has 0 aliphatic rings. The summed E-state index contributed by atoms with van der Waals surface area (Å²) in [5.41, 5.74) is 21.8. The zero-order chi connectivity index (χ0) is 55.3. The van der Waals surface area contributed by atoms with Crippen LogP contribution in [0, 0.1) is 0 Å². The number of nitrogens with zero attached hydrogens (tertiary/aromatic N) is 3. The average Bonchev–Trinajstić information content (AvgIpc) is 3.66. The Labute approximate surface area is 486 Å². The van der Waals surface area contributed by atoms with Gasteiger partial charge in [-0.15, -0.1) is 0 Å². The Morgan fingerprint density at radius 3 is 0.590 bits per heavy atom. The summed E-state index contributed by atoms with van der Waals surface area (Å²) in [6.45, 7) is 0. The number of anilines is 9. The van der Waals surface area contributed by atoms with Crippen molar-refractivity contribution in [2.75, 3.05) is 14.7 Å². The van der Waals surface area contributed by atoms with Gasteiger partial charge in [-0.25, -0.2) is 0 Å². The fourth-order valence-corrected chi connectivity index (χ4v) is 11.5. The fourth-order valence-electron chi connectivity index (χ4n) is 11.5. The normalized spacial score (nSPS) is 11.1. The second-order valence-electron chi connectivity index (χ2n) is 21.0. The van der Waals surface area contributed by atoms with Crippen molar-refractivity contribution in [1.29, 1.82) is 0 Å². The molecule has 0 bridgehead atoms. The van der Waals surface area contributed by atoms with Crippen LogP contribution in [0.2, 0.25) is 0 Å². The van der Waals surface area contributed by atoms with Crippen LogP contribution >= 0.6 is 0 Å². The Bertz CT molecular complexity index is 4220. The van der Waals surface area contributed by atoms with Crippen LogP contribution in [0.1, 0.15) is 0 Å². The van der Waals surface area contributed by atoms with Crippen LogP contribution < -0.4 is 14.7 Å². The maximum atomic E-state index is 2.38. The fraction of sp³-hybridized carbons (Fsp3) is 0. The van der Waals surface area contributed by atoms with E-state index in [0.29, 0.717) is 0 Å². The lowest BCUT2D eigenvalue weighted by molar-refractivity contribution is 1.28. The van der Waals surface area contributed by atoms with Crippen LogP contribution in [0.3, 0.4) is 0 Å². The molecule has 0 amide bonds. The number of benzene rings is 14. The lowest BCUT2D eigenvalue weighted by Crippen LogP contribution is -2.10. The number of rotatable bonds is 14. The molecule has 392 valence electrons. The maximum absolute atomic E-state index is 2.38. The summed E-state index contributed by atoms with van der Waals surface area (Å²) in [5, 5.41) is 4.71. The van der Waals surface area contributed by atoms with E-state index in [1.807, 2.05) is 0 Å². The molecule has 14 rings (SSSR count). The molecule has 0 aromatic heterocycles. The van der Waals surface area contributed by atoms with Crippen LogP contribution in [0.25, 0.3) is 77.2 Å². The maximum Gasteiger partial charge on any atom is 0.0468 e. The summed E-state index contributed by atoms with van der Waals surface area (Å²) in [4.78, 5) is 7.03. The summed E-state index contributed by atoms with van der Waals surface area (Å²) >= 11 is 0. The smallest absolute Gasteiger partial charge is 0.0468 e. The van der Waals surface area contributed by atoms with Gasteiger partial charge in [0.1, 0.15) is 0 Å². The van der Waals surface area contributed by atoms with Crippen molar-refractivity contribution < 1.29 is 0 Å². The molecule has 0 radical (unpaired) electrons. The summed E-state index contributed by atoms with van der Waals surface area (Å²) in [7, 11) is 0. The summed E-state index contributed by atoms with van der Waals surface area (Å²) < 4.78 is 0. The minimum Gasteiger partial charge on any atom is -0.311 e. The molecule has 0 unspecified atom stereocenters. The lowest BCUT2D eigenvalue weighted by Gasteiger charge is -2.27. The van der Waals surface area contributed by atoms with E-state index in [9.17, 15) is 0 Å². The van der Waals surface area contributed by atoms with Crippen molar-refractivity contribution in [1.82, 2.24) is 0 Å². The van der Waals surface area contributed by atoms with Gasteiger partial charge in [0.15, 0.2) is 0 Å². The molecule has 0 heterocycles. The van der Waals surface area contributed by atoms with Gasteiger partial charge in [-0.2, -0.15) is 0 Å². The van der Waals surface area contributed by atoms with Crippen molar-refractivity contribution in [3.8, 4) is 55.6 Å². The molecule has 3 heteroatoms. The largest absolute Gasteiger partial charge is 0.311 e. The quantitative estimate of drug-likeness (QED) is 0.107. The van der Waals surface area contributed by atoms with E-state index in [2.05, 4.69) is 360 Å². The van der Waals surface area contributed by atoms with Gasteiger partial charge in [0.25, 0.3) is 0 Å². The standard InChI is InChI=1S/C80H57N3/c1-6-16-58(17-7-1)61-30-42-74(43-31-61)81(72-22-12-4-13-23-72)76-48-36-64(37-49-76)66-26-28-70-56-79(52-40-68(70)54-66)83(78-46-34-63(35-47-78)60-20-10-3-11-21-60)80-53-41-69-55-67(27-29-71(69)57-80)65-38-50-77(51-39-65)82(73-24-14-5-15-25-73)75-44-32-62(33-45-75)59-18-8-2-9-19-59/h1-57H. The third kappa shape index (κ3) is 10.5. The Balaban J connectivity index is 0.752. The first-order chi connectivity index (χ1) is 41.1. The highest BCUT2D eigenvalue weighted by atomic mass is 15.2. The first kappa shape index (κ1) is 50.2. The highest BCUT2D eigenvalue weighted by Gasteiger charge is 2.18. The third-order valence-corrected chi connectivity index (χ3v) is 15.8. The second-order valence-corrected chi connectivity index (χ2v) is 21.0. The zero-order valence-corrected chi connectivity index (χ0v) is 45.8. The van der Waals surface area contributed by atoms with Crippen molar-refractivity contribution in [2.24, 2.45) is 0 Å². The topological polar surface area (TPSA) is 9.72 Å². The zero-order valence-electron chi connectivity index (χ0n) is 45.8. The van der Waals surface area contributed by atoms with E-state index in [0.717, 1.165) is 51.2 Å². The Kier molecular flexibility index (Phi) is 13.7. The predicted molar refractivity (Wildman–Crippen MR) is 353 cm³/mol. The summed E-state index contributed by atoms with van der Waals surface area (Å²) in [5.74, 6) is 0. The molecule has 0 aliphatic carbocycles. The molecule has 0 fully saturated rings. The molecule has 3 nitrogen and oxygen atoms in total. The second kappa shape index (κ2) is 22.6. The van der Waals surface area contributed by atoms with E-state index < -0.39 is 0 Å². The first-order valence-electron chi connectivity index (χ1n) is 28.4. The van der Waals surface area contributed by atoms with Gasteiger partial charge >= 0.3 is 0 Å². The van der Waals surface area contributed by atoms with E-state index >= 15 is 0 Å². The van der Waals surface area contributed by atoms with Crippen LogP contribution in [0.4, 0.5) is 51.2 Å². The van der Waals surface area contributed by atoms with E-state index in [1.54, 1.807) is 0 Å². The molecular formula is C80H57N3.